The number of carbonyl (C=O) groups is 3. The van der Waals surface area contributed by atoms with Gasteiger partial charge in [-0.2, -0.15) is 0 Å². The summed E-state index contributed by atoms with van der Waals surface area (Å²) in [5.41, 5.74) is 1.86. The normalized spacial score (nSPS) is 17.8. The maximum Gasteiger partial charge on any atom is 0.331 e. The van der Waals surface area contributed by atoms with Gasteiger partial charge in [-0.05, 0) is 41.8 Å². The second-order valence-corrected chi connectivity index (χ2v) is 8.10. The van der Waals surface area contributed by atoms with Gasteiger partial charge in [0.15, 0.2) is 6.04 Å². The molecule has 9 heteroatoms. The Bertz CT molecular complexity index is 900. The van der Waals surface area contributed by atoms with Crippen molar-refractivity contribution in [2.75, 3.05) is 13.2 Å². The van der Waals surface area contributed by atoms with Crippen molar-refractivity contribution in [1.29, 1.82) is 0 Å². The number of aliphatic hydroxyl groups is 1. The number of benzene rings is 1. The van der Waals surface area contributed by atoms with Crippen LogP contribution in [0.3, 0.4) is 0 Å². The predicted molar refractivity (Wildman–Crippen MR) is 110 cm³/mol. The Morgan fingerprint density at radius 1 is 1.13 bits per heavy atom. The number of carbonyl (C=O) groups excluding carboxylic acids is 1. The van der Waals surface area contributed by atoms with E-state index in [0.29, 0.717) is 17.7 Å². The number of nitrogens with zero attached hydrogens (tertiary/aromatic N) is 1. The summed E-state index contributed by atoms with van der Waals surface area (Å²) in [5.74, 6) is -2.90. The topological polar surface area (TPSA) is 127 Å². The molecule has 1 aromatic heterocycles. The van der Waals surface area contributed by atoms with E-state index >= 15 is 0 Å². The number of hydrogen-bond acceptors (Lipinski definition) is 6. The van der Waals surface area contributed by atoms with Crippen molar-refractivity contribution >= 4 is 29.2 Å². The van der Waals surface area contributed by atoms with Crippen molar-refractivity contribution in [3.8, 4) is 0 Å². The molecule has 1 aliphatic rings. The molecule has 3 rings (SSSR count). The first kappa shape index (κ1) is 21.9. The van der Waals surface area contributed by atoms with Crippen LogP contribution in [-0.4, -0.2) is 63.3 Å². The molecule has 0 saturated carbocycles. The summed E-state index contributed by atoms with van der Waals surface area (Å²) in [7, 11) is 0. The number of carboxylic acid groups (broad SMARTS) is 2. The molecule has 0 aliphatic carbocycles. The first-order valence-corrected chi connectivity index (χ1v) is 10.5. The molecule has 2 aromatic rings. The van der Waals surface area contributed by atoms with Crippen LogP contribution < -0.4 is 5.32 Å². The highest BCUT2D eigenvalue weighted by molar-refractivity contribution is 7.10. The maximum absolute atomic E-state index is 13.1. The fourth-order valence-electron chi connectivity index (χ4n) is 3.67. The van der Waals surface area contributed by atoms with Gasteiger partial charge in [-0.1, -0.05) is 30.3 Å². The summed E-state index contributed by atoms with van der Waals surface area (Å²) in [6.45, 7) is -0.437. The molecule has 4 N–H and O–H groups in total. The molecule has 0 radical (unpaired) electrons. The van der Waals surface area contributed by atoms with Gasteiger partial charge in [0.05, 0.1) is 6.61 Å². The number of carboxylic acids is 2. The van der Waals surface area contributed by atoms with Gasteiger partial charge >= 0.3 is 11.9 Å². The van der Waals surface area contributed by atoms with Gasteiger partial charge in [0, 0.05) is 11.4 Å². The molecule has 2 heterocycles. The van der Waals surface area contributed by atoms with Gasteiger partial charge in [-0.25, -0.2) is 4.79 Å². The molecule has 0 saturated heterocycles. The smallest absolute Gasteiger partial charge is 0.331 e. The van der Waals surface area contributed by atoms with Crippen molar-refractivity contribution < 1.29 is 29.7 Å². The highest BCUT2D eigenvalue weighted by Gasteiger charge is 2.40. The van der Waals surface area contributed by atoms with E-state index in [1.54, 1.807) is 5.38 Å². The van der Waals surface area contributed by atoms with Crippen molar-refractivity contribution in [2.45, 2.75) is 37.4 Å². The summed E-state index contributed by atoms with van der Waals surface area (Å²) in [6, 6.07) is 7.82. The number of aryl methyl sites for hydroxylation is 1. The Balaban J connectivity index is 1.72. The third-order valence-electron chi connectivity index (χ3n) is 5.23. The number of thiophene rings is 1. The van der Waals surface area contributed by atoms with Gasteiger partial charge in [-0.15, -0.1) is 11.3 Å². The number of rotatable bonds is 9. The van der Waals surface area contributed by atoms with Crippen LogP contribution in [0.25, 0.3) is 0 Å². The van der Waals surface area contributed by atoms with Crippen molar-refractivity contribution in [3.05, 3.63) is 57.8 Å². The molecule has 30 heavy (non-hydrogen) atoms. The fraction of sp³-hybridized carbons (Fsp3) is 0.381. The van der Waals surface area contributed by atoms with Gasteiger partial charge in [0.1, 0.15) is 12.1 Å². The van der Waals surface area contributed by atoms with E-state index < -0.39 is 42.6 Å². The van der Waals surface area contributed by atoms with Gasteiger partial charge in [0.2, 0.25) is 5.91 Å². The Hall–Kier alpha value is -2.75. The summed E-state index contributed by atoms with van der Waals surface area (Å²) >= 11 is 1.28. The third kappa shape index (κ3) is 4.86. The second-order valence-electron chi connectivity index (χ2n) is 7.15. The monoisotopic (exact) mass is 432 g/mol. The van der Waals surface area contributed by atoms with Gasteiger partial charge in [0.25, 0.3) is 0 Å². The minimum atomic E-state index is -1.20. The molecule has 8 nitrogen and oxygen atoms in total. The zero-order valence-corrected chi connectivity index (χ0v) is 17.0. The Labute approximate surface area is 177 Å². The SMILES string of the molecule is O=C(O)C1c2sccc2CCN1C(=O)[C@H](CO)N[C@H](CCc1ccccc1)C(=O)O. The Kier molecular flexibility index (Phi) is 7.20. The van der Waals surface area contributed by atoms with E-state index in [2.05, 4.69) is 5.32 Å². The van der Waals surface area contributed by atoms with Crippen molar-refractivity contribution in [1.82, 2.24) is 10.2 Å². The number of nitrogens with one attached hydrogen (secondary N) is 1. The molecular weight excluding hydrogens is 408 g/mol. The van der Waals surface area contributed by atoms with Crippen LogP contribution in [0, 0.1) is 0 Å². The van der Waals surface area contributed by atoms with Crippen LogP contribution in [0.1, 0.15) is 28.5 Å². The van der Waals surface area contributed by atoms with E-state index in [1.807, 2.05) is 36.4 Å². The Morgan fingerprint density at radius 2 is 1.87 bits per heavy atom. The molecular formula is C21H24N2O6S. The highest BCUT2D eigenvalue weighted by atomic mass is 32.1. The average Bonchev–Trinajstić information content (AvgIpc) is 3.21. The minimum Gasteiger partial charge on any atom is -0.480 e. The first-order chi connectivity index (χ1) is 14.4. The molecule has 0 bridgehead atoms. The number of fused-ring (bicyclic) bond motifs is 1. The van der Waals surface area contributed by atoms with Crippen LogP contribution >= 0.6 is 11.3 Å². The lowest BCUT2D eigenvalue weighted by molar-refractivity contribution is -0.153. The summed E-state index contributed by atoms with van der Waals surface area (Å²) in [6.07, 6.45) is 1.22. The molecule has 160 valence electrons. The second kappa shape index (κ2) is 9.84. The van der Waals surface area contributed by atoms with Crippen LogP contribution in [-0.2, 0) is 27.2 Å². The lowest BCUT2D eigenvalue weighted by atomic mass is 10.00. The zero-order chi connectivity index (χ0) is 21.7. The van der Waals surface area contributed by atoms with Crippen LogP contribution in [0.5, 0.6) is 0 Å². The molecule has 1 aliphatic heterocycles. The van der Waals surface area contributed by atoms with Gasteiger partial charge < -0.3 is 20.2 Å². The van der Waals surface area contributed by atoms with Crippen molar-refractivity contribution in [3.63, 3.8) is 0 Å². The van der Waals surface area contributed by atoms with E-state index in [1.165, 1.54) is 16.2 Å². The van der Waals surface area contributed by atoms with Gasteiger partial charge in [-0.3, -0.25) is 14.9 Å². The maximum atomic E-state index is 13.1. The summed E-state index contributed by atoms with van der Waals surface area (Å²) in [5, 5.41) is 33.5. The summed E-state index contributed by atoms with van der Waals surface area (Å²) < 4.78 is 0. The zero-order valence-electron chi connectivity index (χ0n) is 16.2. The van der Waals surface area contributed by atoms with Crippen LogP contribution in [0.15, 0.2) is 41.8 Å². The van der Waals surface area contributed by atoms with Crippen LogP contribution in [0.2, 0.25) is 0 Å². The molecule has 3 atom stereocenters. The highest BCUT2D eigenvalue weighted by Crippen LogP contribution is 2.34. The number of hydrogen-bond donors (Lipinski definition) is 4. The standard InChI is InChI=1S/C21H24N2O6S/c24-12-16(22-15(20(26)27)7-6-13-4-2-1-3-5-13)19(25)23-10-8-14-9-11-30-18(14)17(23)21(28)29/h1-5,9,11,15-17,22,24H,6-8,10,12H2,(H,26,27)(H,28,29)/t15-,16+,17?/m1/s1. The van der Waals surface area contributed by atoms with E-state index in [4.69, 9.17) is 0 Å². The van der Waals surface area contributed by atoms with Crippen molar-refractivity contribution in [2.24, 2.45) is 0 Å². The summed E-state index contributed by atoms with van der Waals surface area (Å²) in [4.78, 5) is 38.4. The first-order valence-electron chi connectivity index (χ1n) is 9.65. The quantitative estimate of drug-likeness (QED) is 0.470. The predicted octanol–water partition coefficient (Wildman–Crippen LogP) is 1.29. The largest absolute Gasteiger partial charge is 0.480 e. The molecule has 1 unspecified atom stereocenters. The molecule has 0 spiro atoms. The lowest BCUT2D eigenvalue weighted by Crippen LogP contribution is -2.56. The molecule has 1 amide bonds. The average molecular weight is 432 g/mol. The van der Waals surface area contributed by atoms with E-state index in [-0.39, 0.29) is 13.0 Å². The fourth-order valence-corrected chi connectivity index (χ4v) is 4.72. The third-order valence-corrected chi connectivity index (χ3v) is 6.24. The number of aliphatic hydroxyl groups excluding tert-OH is 1. The van der Waals surface area contributed by atoms with Crippen LogP contribution in [0.4, 0.5) is 0 Å². The Morgan fingerprint density at radius 3 is 2.50 bits per heavy atom. The lowest BCUT2D eigenvalue weighted by Gasteiger charge is -2.35. The minimum absolute atomic E-state index is 0.194. The number of aliphatic carboxylic acids is 2. The van der Waals surface area contributed by atoms with E-state index in [9.17, 15) is 29.7 Å². The van der Waals surface area contributed by atoms with E-state index in [0.717, 1.165) is 11.1 Å². The molecule has 1 aromatic carbocycles. The molecule has 0 fully saturated rings. The number of amides is 1.